The number of nitrogens with zero attached hydrogens (tertiary/aromatic N) is 4. The molecule has 4 heterocycles. The van der Waals surface area contributed by atoms with Gasteiger partial charge in [-0.15, -0.1) is 11.3 Å². The van der Waals surface area contributed by atoms with Gasteiger partial charge in [-0.2, -0.15) is 0 Å². The molecule has 0 aliphatic rings. The molecule has 4 aromatic heterocycles. The van der Waals surface area contributed by atoms with Crippen LogP contribution in [0.1, 0.15) is 0 Å². The van der Waals surface area contributed by atoms with Crippen LogP contribution >= 0.6 is 11.3 Å². The van der Waals surface area contributed by atoms with Crippen LogP contribution in [0.2, 0.25) is 0 Å². The van der Waals surface area contributed by atoms with Gasteiger partial charge in [-0.3, -0.25) is 0 Å². The Labute approximate surface area is 297 Å². The Morgan fingerprint density at radius 3 is 1.65 bits per heavy atom. The third-order valence-corrected chi connectivity index (χ3v) is 11.3. The van der Waals surface area contributed by atoms with E-state index in [4.69, 9.17) is 9.97 Å². The maximum absolute atomic E-state index is 5.26. The van der Waals surface area contributed by atoms with Gasteiger partial charge in [0.15, 0.2) is 5.82 Å². The fraction of sp³-hybridized carbons (Fsp3) is 0. The maximum Gasteiger partial charge on any atom is 0.160 e. The van der Waals surface area contributed by atoms with Crippen LogP contribution in [0.15, 0.2) is 170 Å². The van der Waals surface area contributed by atoms with Crippen molar-refractivity contribution in [2.45, 2.75) is 0 Å². The van der Waals surface area contributed by atoms with Crippen LogP contribution in [-0.4, -0.2) is 19.1 Å². The number of para-hydroxylation sites is 3. The Kier molecular flexibility index (Phi) is 6.09. The monoisotopic (exact) mass is 668 g/mol. The summed E-state index contributed by atoms with van der Waals surface area (Å²) in [6.07, 6.45) is 0. The van der Waals surface area contributed by atoms with E-state index in [-0.39, 0.29) is 0 Å². The number of fused-ring (bicyclic) bond motifs is 9. The summed E-state index contributed by atoms with van der Waals surface area (Å²) in [6, 6.07) is 60.7. The Morgan fingerprint density at radius 2 is 0.941 bits per heavy atom. The number of hydrogen-bond acceptors (Lipinski definition) is 3. The average molecular weight is 669 g/mol. The normalized spacial score (nSPS) is 11.9. The number of thiophene rings is 1. The van der Waals surface area contributed by atoms with Crippen molar-refractivity contribution in [1.82, 2.24) is 19.1 Å². The molecule has 0 unspecified atom stereocenters. The van der Waals surface area contributed by atoms with Gasteiger partial charge in [-0.05, 0) is 54.6 Å². The summed E-state index contributed by atoms with van der Waals surface area (Å²) in [5.74, 6) is 0.738. The van der Waals surface area contributed by atoms with E-state index >= 15 is 0 Å². The van der Waals surface area contributed by atoms with Crippen molar-refractivity contribution in [3.05, 3.63) is 170 Å². The molecule has 51 heavy (non-hydrogen) atoms. The molecule has 0 spiro atoms. The van der Waals surface area contributed by atoms with Crippen molar-refractivity contribution in [1.29, 1.82) is 0 Å². The quantitative estimate of drug-likeness (QED) is 0.187. The molecule has 0 fully saturated rings. The third-order valence-electron chi connectivity index (χ3n) is 10.1. The van der Waals surface area contributed by atoms with Crippen LogP contribution in [-0.2, 0) is 0 Å². The summed E-state index contributed by atoms with van der Waals surface area (Å²) in [6.45, 7) is 0. The van der Waals surface area contributed by atoms with Crippen LogP contribution in [0.4, 0.5) is 0 Å². The first-order valence-corrected chi connectivity index (χ1v) is 18.0. The van der Waals surface area contributed by atoms with E-state index in [1.54, 1.807) is 11.3 Å². The summed E-state index contributed by atoms with van der Waals surface area (Å²) in [5.41, 5.74) is 11.0. The molecule has 11 aromatic rings. The first-order valence-electron chi connectivity index (χ1n) is 17.2. The van der Waals surface area contributed by atoms with E-state index in [9.17, 15) is 0 Å². The molecule has 0 amide bonds. The molecule has 238 valence electrons. The Bertz CT molecular complexity index is 3090. The minimum absolute atomic E-state index is 0.738. The van der Waals surface area contributed by atoms with E-state index in [2.05, 4.69) is 161 Å². The number of aromatic nitrogens is 4. The topological polar surface area (TPSA) is 35.6 Å². The van der Waals surface area contributed by atoms with E-state index in [1.165, 1.54) is 42.8 Å². The second-order valence-electron chi connectivity index (χ2n) is 13.0. The lowest BCUT2D eigenvalue weighted by atomic mass is 10.1. The molecule has 0 saturated heterocycles. The average Bonchev–Trinajstić information content (AvgIpc) is 3.85. The highest BCUT2D eigenvalue weighted by Gasteiger charge is 2.19. The summed E-state index contributed by atoms with van der Waals surface area (Å²) < 4.78 is 7.11. The lowest BCUT2D eigenvalue weighted by molar-refractivity contribution is 1.16. The predicted molar refractivity (Wildman–Crippen MR) is 214 cm³/mol. The predicted octanol–water partition coefficient (Wildman–Crippen LogP) is 12.4. The van der Waals surface area contributed by atoms with Gasteiger partial charge >= 0.3 is 0 Å². The molecule has 0 aliphatic carbocycles. The number of benzene rings is 7. The molecular formula is C46H28N4S. The standard InChI is InChI=1S/C46H28N4S/c1-2-13-29(14-3-1)46-47-43(45-44(48-46)36-20-7-11-24-42(36)51-45)30-15-12-16-31(27-30)49-40-23-10-6-19-35(40)37-28-32(25-26-41(37)49)50-38-21-8-4-17-33(38)34-18-5-9-22-39(34)50/h1-28H. The molecule has 11 rings (SSSR count). The van der Waals surface area contributed by atoms with Crippen LogP contribution < -0.4 is 0 Å². The molecular weight excluding hydrogens is 641 g/mol. The molecule has 0 radical (unpaired) electrons. The zero-order valence-electron chi connectivity index (χ0n) is 27.4. The third kappa shape index (κ3) is 4.25. The zero-order valence-corrected chi connectivity index (χ0v) is 28.2. The van der Waals surface area contributed by atoms with Gasteiger partial charge in [0.1, 0.15) is 0 Å². The summed E-state index contributed by atoms with van der Waals surface area (Å²) in [4.78, 5) is 10.4. The maximum atomic E-state index is 5.26. The second kappa shape index (κ2) is 11.0. The molecule has 0 N–H and O–H groups in total. The highest BCUT2D eigenvalue weighted by molar-refractivity contribution is 7.26. The van der Waals surface area contributed by atoms with Crippen molar-refractivity contribution in [2.24, 2.45) is 0 Å². The molecule has 0 atom stereocenters. The fourth-order valence-corrected chi connectivity index (χ4v) is 9.03. The lowest BCUT2D eigenvalue weighted by Gasteiger charge is -2.12. The van der Waals surface area contributed by atoms with E-state index in [0.717, 1.165) is 55.1 Å². The second-order valence-corrected chi connectivity index (χ2v) is 14.1. The summed E-state index contributed by atoms with van der Waals surface area (Å²) >= 11 is 1.76. The SMILES string of the molecule is c1ccc(-c2nc(-c3cccc(-n4c5ccccc5c5cc(-n6c7ccccc7c7ccccc76)ccc54)c3)c3sc4ccccc4c3n2)cc1. The summed E-state index contributed by atoms with van der Waals surface area (Å²) in [7, 11) is 0. The lowest BCUT2D eigenvalue weighted by Crippen LogP contribution is -1.97. The van der Waals surface area contributed by atoms with E-state index in [1.807, 2.05) is 18.2 Å². The first-order chi connectivity index (χ1) is 25.3. The van der Waals surface area contributed by atoms with Crippen molar-refractivity contribution in [3.63, 3.8) is 0 Å². The molecule has 4 nitrogen and oxygen atoms in total. The van der Waals surface area contributed by atoms with Crippen molar-refractivity contribution in [3.8, 4) is 34.0 Å². The molecule has 0 bridgehead atoms. The van der Waals surface area contributed by atoms with Gasteiger partial charge in [0.25, 0.3) is 0 Å². The molecule has 0 saturated carbocycles. The van der Waals surface area contributed by atoms with Crippen LogP contribution in [0, 0.1) is 0 Å². The number of hydrogen-bond donors (Lipinski definition) is 0. The van der Waals surface area contributed by atoms with Crippen LogP contribution in [0.5, 0.6) is 0 Å². The van der Waals surface area contributed by atoms with Crippen molar-refractivity contribution in [2.75, 3.05) is 0 Å². The largest absolute Gasteiger partial charge is 0.309 e. The zero-order chi connectivity index (χ0) is 33.5. The molecule has 7 aromatic carbocycles. The Morgan fingerprint density at radius 1 is 0.392 bits per heavy atom. The van der Waals surface area contributed by atoms with Crippen molar-refractivity contribution < 1.29 is 0 Å². The van der Waals surface area contributed by atoms with Gasteiger partial charge in [0.2, 0.25) is 0 Å². The summed E-state index contributed by atoms with van der Waals surface area (Å²) in [5, 5.41) is 6.13. The number of rotatable bonds is 4. The highest BCUT2D eigenvalue weighted by atomic mass is 32.1. The first kappa shape index (κ1) is 28.3. The van der Waals surface area contributed by atoms with Crippen LogP contribution in [0.3, 0.4) is 0 Å². The van der Waals surface area contributed by atoms with Crippen molar-refractivity contribution >= 4 is 75.3 Å². The van der Waals surface area contributed by atoms with Crippen LogP contribution in [0.25, 0.3) is 97.9 Å². The highest BCUT2D eigenvalue weighted by Crippen LogP contribution is 2.41. The fourth-order valence-electron chi connectivity index (χ4n) is 7.87. The molecule has 5 heteroatoms. The van der Waals surface area contributed by atoms with E-state index in [0.29, 0.717) is 0 Å². The van der Waals surface area contributed by atoms with Gasteiger partial charge in [-0.25, -0.2) is 9.97 Å². The van der Waals surface area contributed by atoms with Gasteiger partial charge in [0, 0.05) is 54.1 Å². The smallest absolute Gasteiger partial charge is 0.160 e. The Hall–Kier alpha value is -6.56. The minimum atomic E-state index is 0.738. The van der Waals surface area contributed by atoms with Gasteiger partial charge in [-0.1, -0.05) is 115 Å². The minimum Gasteiger partial charge on any atom is -0.309 e. The molecule has 0 aliphatic heterocycles. The van der Waals surface area contributed by atoms with Gasteiger partial charge in [0.05, 0.1) is 38.0 Å². The Balaban J connectivity index is 1.13. The van der Waals surface area contributed by atoms with E-state index < -0.39 is 0 Å². The van der Waals surface area contributed by atoms with Gasteiger partial charge < -0.3 is 9.13 Å².